The van der Waals surface area contributed by atoms with Crippen LogP contribution in [0.1, 0.15) is 16.9 Å². The van der Waals surface area contributed by atoms with E-state index in [1.807, 2.05) is 18.2 Å². The van der Waals surface area contributed by atoms with E-state index in [0.29, 0.717) is 36.5 Å². The van der Waals surface area contributed by atoms with E-state index in [2.05, 4.69) is 0 Å². The van der Waals surface area contributed by atoms with Crippen molar-refractivity contribution in [3.8, 4) is 11.5 Å². The van der Waals surface area contributed by atoms with Crippen molar-refractivity contribution in [3.63, 3.8) is 0 Å². The van der Waals surface area contributed by atoms with Crippen molar-refractivity contribution < 1.29 is 27.1 Å². The highest BCUT2D eigenvalue weighted by Gasteiger charge is 2.34. The average Bonchev–Trinajstić information content (AvgIpc) is 3.51. The first-order valence-corrected chi connectivity index (χ1v) is 12.1. The number of fused-ring (bicyclic) bond motifs is 1. The van der Waals surface area contributed by atoms with Crippen LogP contribution in [0.25, 0.3) is 6.08 Å². The molecule has 9 heteroatoms. The van der Waals surface area contributed by atoms with Gasteiger partial charge < -0.3 is 18.8 Å². The summed E-state index contributed by atoms with van der Waals surface area (Å²) in [6, 6.07) is 14.1. The molecule has 0 bridgehead atoms. The van der Waals surface area contributed by atoms with Crippen molar-refractivity contribution in [1.29, 1.82) is 0 Å². The highest BCUT2D eigenvalue weighted by atomic mass is 32.2. The van der Waals surface area contributed by atoms with Gasteiger partial charge in [0.2, 0.25) is 5.91 Å². The minimum atomic E-state index is -3.95. The minimum absolute atomic E-state index is 0.0258. The van der Waals surface area contributed by atoms with Crippen LogP contribution in [0.15, 0.2) is 70.2 Å². The van der Waals surface area contributed by atoms with E-state index < -0.39 is 10.0 Å². The predicted octanol–water partition coefficient (Wildman–Crippen LogP) is 3.72. The molecule has 0 saturated heterocycles. The summed E-state index contributed by atoms with van der Waals surface area (Å²) in [4.78, 5) is 14.0. The number of furan rings is 1. The van der Waals surface area contributed by atoms with Crippen LogP contribution in [0.2, 0.25) is 0 Å². The van der Waals surface area contributed by atoms with Crippen LogP contribution in [0.5, 0.6) is 11.5 Å². The number of ether oxygens (including phenoxy) is 2. The maximum atomic E-state index is 13.7. The Morgan fingerprint density at radius 3 is 2.65 bits per heavy atom. The third-order valence-electron chi connectivity index (χ3n) is 5.65. The molecule has 2 aromatic carbocycles. The molecule has 3 aromatic rings. The smallest absolute Gasteiger partial charge is 0.268 e. The molecular formula is C25H26N2O6S. The van der Waals surface area contributed by atoms with Crippen molar-refractivity contribution in [2.45, 2.75) is 17.9 Å². The highest BCUT2D eigenvalue weighted by Crippen LogP contribution is 2.40. The first-order chi connectivity index (χ1) is 16.3. The Morgan fingerprint density at radius 2 is 1.94 bits per heavy atom. The molecular weight excluding hydrogens is 456 g/mol. The second-order valence-corrected chi connectivity index (χ2v) is 9.65. The lowest BCUT2D eigenvalue weighted by atomic mass is 10.2. The van der Waals surface area contributed by atoms with E-state index >= 15 is 0 Å². The van der Waals surface area contributed by atoms with Crippen molar-refractivity contribution in [3.05, 3.63) is 77.8 Å². The predicted molar refractivity (Wildman–Crippen MR) is 128 cm³/mol. The van der Waals surface area contributed by atoms with Gasteiger partial charge in [-0.05, 0) is 54.0 Å². The first kappa shape index (κ1) is 23.4. The van der Waals surface area contributed by atoms with Gasteiger partial charge in [-0.3, -0.25) is 9.10 Å². The number of hydrogen-bond donors (Lipinski definition) is 0. The summed E-state index contributed by atoms with van der Waals surface area (Å²) >= 11 is 0. The van der Waals surface area contributed by atoms with Crippen LogP contribution in [0.3, 0.4) is 0 Å². The molecule has 0 N–H and O–H groups in total. The fourth-order valence-electron chi connectivity index (χ4n) is 3.92. The molecule has 0 atom stereocenters. The van der Waals surface area contributed by atoms with Crippen molar-refractivity contribution >= 4 is 27.7 Å². The molecule has 1 amide bonds. The Kier molecular flexibility index (Phi) is 6.65. The van der Waals surface area contributed by atoms with E-state index in [9.17, 15) is 13.2 Å². The molecule has 0 aliphatic carbocycles. The Bertz CT molecular complexity index is 1320. The number of sulfonamides is 1. The van der Waals surface area contributed by atoms with Crippen molar-refractivity contribution in [2.75, 3.05) is 32.1 Å². The number of methoxy groups -OCH3 is 2. The third kappa shape index (κ3) is 4.51. The van der Waals surface area contributed by atoms with Crippen LogP contribution in [-0.4, -0.2) is 47.0 Å². The number of anilines is 1. The van der Waals surface area contributed by atoms with Crippen molar-refractivity contribution in [2.24, 2.45) is 0 Å². The van der Waals surface area contributed by atoms with Gasteiger partial charge in [-0.15, -0.1) is 0 Å². The van der Waals surface area contributed by atoms with E-state index in [-0.39, 0.29) is 22.3 Å². The fraction of sp³-hybridized carbons (Fsp3) is 0.240. The number of amides is 1. The Morgan fingerprint density at radius 1 is 1.15 bits per heavy atom. The molecule has 0 radical (unpaired) electrons. The highest BCUT2D eigenvalue weighted by molar-refractivity contribution is 7.93. The minimum Gasteiger partial charge on any atom is -0.493 e. The van der Waals surface area contributed by atoms with E-state index in [0.717, 1.165) is 5.56 Å². The zero-order valence-corrected chi connectivity index (χ0v) is 20.0. The zero-order valence-electron chi connectivity index (χ0n) is 19.2. The Labute approximate surface area is 199 Å². The summed E-state index contributed by atoms with van der Waals surface area (Å²) in [5.74, 6) is 0.774. The number of likely N-dealkylation sites (N-methyl/N-ethyl adjacent to an activating group) is 1. The third-order valence-corrected chi connectivity index (χ3v) is 7.47. The van der Waals surface area contributed by atoms with E-state index in [1.54, 1.807) is 43.7 Å². The lowest BCUT2D eigenvalue weighted by Gasteiger charge is -2.22. The molecule has 2 heterocycles. The summed E-state index contributed by atoms with van der Waals surface area (Å²) in [6.07, 6.45) is 5.12. The van der Waals surface area contributed by atoms with Crippen molar-refractivity contribution in [1.82, 2.24) is 4.90 Å². The number of rotatable bonds is 8. The van der Waals surface area contributed by atoms with Gasteiger partial charge in [-0.1, -0.05) is 18.2 Å². The van der Waals surface area contributed by atoms with Gasteiger partial charge in [0.15, 0.2) is 11.5 Å². The summed E-state index contributed by atoms with van der Waals surface area (Å²) in [5, 5.41) is 0. The number of para-hydroxylation sites is 1. The number of hydrogen-bond acceptors (Lipinski definition) is 6. The van der Waals surface area contributed by atoms with Gasteiger partial charge >= 0.3 is 0 Å². The van der Waals surface area contributed by atoms with Gasteiger partial charge in [0.25, 0.3) is 10.0 Å². The Hall–Kier alpha value is -3.72. The maximum absolute atomic E-state index is 13.7. The monoisotopic (exact) mass is 482 g/mol. The lowest BCUT2D eigenvalue weighted by molar-refractivity contribution is -0.125. The molecule has 0 saturated carbocycles. The number of carbonyl (C=O) groups is 1. The quantitative estimate of drug-likeness (QED) is 0.455. The van der Waals surface area contributed by atoms with Crippen LogP contribution in [0, 0.1) is 0 Å². The largest absolute Gasteiger partial charge is 0.493 e. The van der Waals surface area contributed by atoms with Gasteiger partial charge in [-0.25, -0.2) is 8.42 Å². The summed E-state index contributed by atoms with van der Waals surface area (Å²) < 4.78 is 44.9. The number of carbonyl (C=O) groups excluding carboxylic acids is 1. The van der Waals surface area contributed by atoms with Crippen LogP contribution in [0.4, 0.5) is 5.69 Å². The van der Waals surface area contributed by atoms with Crippen LogP contribution >= 0.6 is 0 Å². The topological polar surface area (TPSA) is 89.3 Å². The lowest BCUT2D eigenvalue weighted by Crippen LogP contribution is -2.29. The standard InChI is InChI=1S/C25H26N2O6S/c1-26(17-20-8-6-14-33-20)24(28)11-10-18-15-22(31-2)25(32-3)23(16-18)34(29,30)27-13-12-19-7-4-5-9-21(19)27/h4-11,14-16H,12-13,17H2,1-3H3/b11-10+. The number of nitrogens with zero attached hydrogens (tertiary/aromatic N) is 2. The normalized spacial score (nSPS) is 13.2. The fourth-order valence-corrected chi connectivity index (χ4v) is 5.63. The number of benzene rings is 2. The van der Waals surface area contributed by atoms with Crippen LogP contribution < -0.4 is 13.8 Å². The second-order valence-electron chi connectivity index (χ2n) is 7.82. The van der Waals surface area contributed by atoms with E-state index in [1.165, 1.54) is 35.6 Å². The molecule has 178 valence electrons. The molecule has 0 unspecified atom stereocenters. The molecule has 1 aromatic heterocycles. The SMILES string of the molecule is COc1cc(/C=C/C(=O)N(C)Cc2ccco2)cc(S(=O)(=O)N2CCc3ccccc32)c1OC. The maximum Gasteiger partial charge on any atom is 0.268 e. The molecule has 0 fully saturated rings. The zero-order chi connectivity index (χ0) is 24.3. The van der Waals surface area contributed by atoms with Gasteiger partial charge in [0.1, 0.15) is 10.7 Å². The second kappa shape index (κ2) is 9.64. The van der Waals surface area contributed by atoms with E-state index in [4.69, 9.17) is 13.9 Å². The Balaban J connectivity index is 1.67. The van der Waals surface area contributed by atoms with Gasteiger partial charge in [-0.2, -0.15) is 0 Å². The molecule has 1 aliphatic rings. The summed E-state index contributed by atoms with van der Waals surface area (Å²) in [5.41, 5.74) is 2.11. The van der Waals surface area contributed by atoms with Gasteiger partial charge in [0, 0.05) is 19.7 Å². The van der Waals surface area contributed by atoms with Crippen LogP contribution in [-0.2, 0) is 27.8 Å². The first-order valence-electron chi connectivity index (χ1n) is 10.7. The molecule has 34 heavy (non-hydrogen) atoms. The summed E-state index contributed by atoms with van der Waals surface area (Å²) in [6.45, 7) is 0.652. The molecule has 4 rings (SSSR count). The molecule has 0 spiro atoms. The van der Waals surface area contributed by atoms with Gasteiger partial charge in [0.05, 0.1) is 32.7 Å². The molecule has 1 aliphatic heterocycles. The average molecular weight is 483 g/mol. The molecule has 8 nitrogen and oxygen atoms in total. The summed E-state index contributed by atoms with van der Waals surface area (Å²) in [7, 11) is 0.545.